The number of carbonyl (C=O) groups is 2. The lowest BCUT2D eigenvalue weighted by Gasteiger charge is -2.11. The van der Waals surface area contributed by atoms with Crippen molar-refractivity contribution in [3.8, 4) is 0 Å². The van der Waals surface area contributed by atoms with Crippen LogP contribution >= 0.6 is 0 Å². The van der Waals surface area contributed by atoms with Crippen molar-refractivity contribution in [1.29, 1.82) is 0 Å². The summed E-state index contributed by atoms with van der Waals surface area (Å²) < 4.78 is 12.9. The molecular formula is C19H22FN3O2. The van der Waals surface area contributed by atoms with Gasteiger partial charge in [-0.05, 0) is 50.0 Å². The standard InChI is InChI=1S/C19H22FN3O2/c1-23(2)11-10-21-19(25)15-4-3-5-17(13-15)22-18(24)12-14-6-8-16(20)9-7-14/h3-9,13H,10-12H2,1-2H3,(H,21,25)(H,22,24). The van der Waals surface area contributed by atoms with E-state index in [1.807, 2.05) is 19.0 Å². The van der Waals surface area contributed by atoms with E-state index < -0.39 is 0 Å². The van der Waals surface area contributed by atoms with E-state index in [9.17, 15) is 14.0 Å². The molecule has 2 N–H and O–H groups in total. The molecule has 0 aliphatic heterocycles. The Morgan fingerprint density at radius 3 is 2.48 bits per heavy atom. The molecule has 0 radical (unpaired) electrons. The number of anilines is 1. The number of hydrogen-bond acceptors (Lipinski definition) is 3. The van der Waals surface area contributed by atoms with Gasteiger partial charge in [0.25, 0.3) is 5.91 Å². The molecule has 0 heterocycles. The molecule has 5 nitrogen and oxygen atoms in total. The molecule has 0 aliphatic rings. The van der Waals surface area contributed by atoms with E-state index in [-0.39, 0.29) is 24.1 Å². The van der Waals surface area contributed by atoms with Crippen LogP contribution in [0.3, 0.4) is 0 Å². The van der Waals surface area contributed by atoms with Crippen LogP contribution in [-0.2, 0) is 11.2 Å². The molecular weight excluding hydrogens is 321 g/mol. The van der Waals surface area contributed by atoms with Gasteiger partial charge in [-0.15, -0.1) is 0 Å². The average Bonchev–Trinajstić information content (AvgIpc) is 2.56. The maximum absolute atomic E-state index is 12.9. The zero-order valence-corrected chi connectivity index (χ0v) is 14.4. The van der Waals surface area contributed by atoms with Crippen molar-refractivity contribution in [2.75, 3.05) is 32.5 Å². The molecule has 6 heteroatoms. The van der Waals surface area contributed by atoms with Crippen LogP contribution in [-0.4, -0.2) is 43.9 Å². The number of rotatable bonds is 7. The van der Waals surface area contributed by atoms with E-state index in [4.69, 9.17) is 0 Å². The fourth-order valence-corrected chi connectivity index (χ4v) is 2.23. The summed E-state index contributed by atoms with van der Waals surface area (Å²) in [6.07, 6.45) is 0.138. The Bertz CT molecular complexity index is 730. The first-order chi connectivity index (χ1) is 11.9. The lowest BCUT2D eigenvalue weighted by molar-refractivity contribution is -0.115. The largest absolute Gasteiger partial charge is 0.351 e. The van der Waals surface area contributed by atoms with Crippen LogP contribution < -0.4 is 10.6 Å². The quantitative estimate of drug-likeness (QED) is 0.811. The van der Waals surface area contributed by atoms with Crippen LogP contribution in [0, 0.1) is 5.82 Å². The third-order valence-corrected chi connectivity index (χ3v) is 3.53. The maximum atomic E-state index is 12.9. The zero-order chi connectivity index (χ0) is 18.2. The van der Waals surface area contributed by atoms with Gasteiger partial charge in [0.1, 0.15) is 5.82 Å². The van der Waals surface area contributed by atoms with Gasteiger partial charge in [-0.2, -0.15) is 0 Å². The second-order valence-corrected chi connectivity index (χ2v) is 5.99. The smallest absolute Gasteiger partial charge is 0.251 e. The minimum Gasteiger partial charge on any atom is -0.351 e. The van der Waals surface area contributed by atoms with E-state index in [1.54, 1.807) is 36.4 Å². The van der Waals surface area contributed by atoms with E-state index in [2.05, 4.69) is 10.6 Å². The van der Waals surface area contributed by atoms with Crippen LogP contribution in [0.5, 0.6) is 0 Å². The van der Waals surface area contributed by atoms with Crippen molar-refractivity contribution in [3.63, 3.8) is 0 Å². The Morgan fingerprint density at radius 2 is 1.80 bits per heavy atom. The van der Waals surface area contributed by atoms with E-state index in [0.717, 1.165) is 12.1 Å². The third kappa shape index (κ3) is 6.35. The molecule has 2 aromatic rings. The SMILES string of the molecule is CN(C)CCNC(=O)c1cccc(NC(=O)Cc2ccc(F)cc2)c1. The summed E-state index contributed by atoms with van der Waals surface area (Å²) in [5, 5.41) is 5.58. The summed E-state index contributed by atoms with van der Waals surface area (Å²) in [6.45, 7) is 1.30. The van der Waals surface area contributed by atoms with Crippen molar-refractivity contribution in [2.45, 2.75) is 6.42 Å². The van der Waals surface area contributed by atoms with Crippen molar-refractivity contribution in [1.82, 2.24) is 10.2 Å². The minimum atomic E-state index is -0.336. The number of hydrogen-bond donors (Lipinski definition) is 2. The Hall–Kier alpha value is -2.73. The predicted octanol–water partition coefficient (Wildman–Crippen LogP) is 2.30. The van der Waals surface area contributed by atoms with E-state index in [0.29, 0.717) is 17.8 Å². The molecule has 2 aromatic carbocycles. The number of halogens is 1. The van der Waals surface area contributed by atoms with E-state index in [1.165, 1.54) is 12.1 Å². The highest BCUT2D eigenvalue weighted by molar-refractivity contribution is 5.97. The summed E-state index contributed by atoms with van der Waals surface area (Å²) in [7, 11) is 3.87. The topological polar surface area (TPSA) is 61.4 Å². The summed E-state index contributed by atoms with van der Waals surface area (Å²) in [5.41, 5.74) is 1.75. The highest BCUT2D eigenvalue weighted by Gasteiger charge is 2.08. The van der Waals surface area contributed by atoms with Crippen LogP contribution in [0.2, 0.25) is 0 Å². The Labute approximate surface area is 146 Å². The number of nitrogens with zero attached hydrogens (tertiary/aromatic N) is 1. The molecule has 0 fully saturated rings. The van der Waals surface area contributed by atoms with Gasteiger partial charge in [-0.3, -0.25) is 9.59 Å². The maximum Gasteiger partial charge on any atom is 0.251 e. The molecule has 0 bridgehead atoms. The lowest BCUT2D eigenvalue weighted by Crippen LogP contribution is -2.31. The number of nitrogens with one attached hydrogen (secondary N) is 2. The van der Waals surface area contributed by atoms with E-state index >= 15 is 0 Å². The Balaban J connectivity index is 1.92. The normalized spacial score (nSPS) is 10.6. The number of carbonyl (C=O) groups excluding carboxylic acids is 2. The van der Waals surface area contributed by atoms with Gasteiger partial charge in [0.15, 0.2) is 0 Å². The molecule has 2 rings (SSSR count). The van der Waals surface area contributed by atoms with Crippen molar-refractivity contribution < 1.29 is 14.0 Å². The van der Waals surface area contributed by atoms with Gasteiger partial charge in [0, 0.05) is 24.3 Å². The van der Waals surface area contributed by atoms with Gasteiger partial charge in [-0.25, -0.2) is 4.39 Å². The molecule has 0 saturated heterocycles. The first-order valence-corrected chi connectivity index (χ1v) is 8.01. The predicted molar refractivity (Wildman–Crippen MR) is 96.1 cm³/mol. The van der Waals surface area contributed by atoms with Crippen LogP contribution in [0.1, 0.15) is 15.9 Å². The van der Waals surface area contributed by atoms with Crippen LogP contribution in [0.25, 0.3) is 0 Å². The lowest BCUT2D eigenvalue weighted by atomic mass is 10.1. The summed E-state index contributed by atoms with van der Waals surface area (Å²) >= 11 is 0. The molecule has 0 spiro atoms. The van der Waals surface area contributed by atoms with Crippen LogP contribution in [0.4, 0.5) is 10.1 Å². The Kier molecular flexibility index (Phi) is 6.65. The number of amides is 2. The zero-order valence-electron chi connectivity index (χ0n) is 14.4. The molecule has 0 atom stereocenters. The molecule has 0 aromatic heterocycles. The van der Waals surface area contributed by atoms with Crippen molar-refractivity contribution >= 4 is 17.5 Å². The summed E-state index contributed by atoms with van der Waals surface area (Å²) in [6, 6.07) is 12.6. The first kappa shape index (κ1) is 18.6. The van der Waals surface area contributed by atoms with Crippen LogP contribution in [0.15, 0.2) is 48.5 Å². The third-order valence-electron chi connectivity index (χ3n) is 3.53. The molecule has 0 aliphatic carbocycles. The van der Waals surface area contributed by atoms with Crippen molar-refractivity contribution in [2.24, 2.45) is 0 Å². The molecule has 0 saturated carbocycles. The highest BCUT2D eigenvalue weighted by Crippen LogP contribution is 2.12. The van der Waals surface area contributed by atoms with Gasteiger partial charge < -0.3 is 15.5 Å². The molecule has 132 valence electrons. The molecule has 2 amide bonds. The van der Waals surface area contributed by atoms with Gasteiger partial charge in [-0.1, -0.05) is 18.2 Å². The van der Waals surface area contributed by atoms with Gasteiger partial charge >= 0.3 is 0 Å². The summed E-state index contributed by atoms with van der Waals surface area (Å²) in [4.78, 5) is 26.2. The van der Waals surface area contributed by atoms with Crippen molar-refractivity contribution in [3.05, 3.63) is 65.5 Å². The second kappa shape index (κ2) is 8.94. The summed E-state index contributed by atoms with van der Waals surface area (Å²) in [5.74, 6) is -0.745. The van der Waals surface area contributed by atoms with Gasteiger partial charge in [0.2, 0.25) is 5.91 Å². The monoisotopic (exact) mass is 343 g/mol. The molecule has 0 unspecified atom stereocenters. The number of likely N-dealkylation sites (N-methyl/N-ethyl adjacent to an activating group) is 1. The fraction of sp³-hybridized carbons (Fsp3) is 0.263. The number of benzene rings is 2. The average molecular weight is 343 g/mol. The Morgan fingerprint density at radius 1 is 1.08 bits per heavy atom. The fourth-order valence-electron chi connectivity index (χ4n) is 2.23. The van der Waals surface area contributed by atoms with Gasteiger partial charge in [0.05, 0.1) is 6.42 Å². The highest BCUT2D eigenvalue weighted by atomic mass is 19.1. The minimum absolute atomic E-state index is 0.138. The first-order valence-electron chi connectivity index (χ1n) is 8.01. The second-order valence-electron chi connectivity index (χ2n) is 5.99. The molecule has 25 heavy (non-hydrogen) atoms.